The first-order chi connectivity index (χ1) is 17.0. The van der Waals surface area contributed by atoms with E-state index in [2.05, 4.69) is 9.69 Å². The Hall–Kier alpha value is -4.12. The van der Waals surface area contributed by atoms with Gasteiger partial charge in [-0.1, -0.05) is 19.1 Å². The van der Waals surface area contributed by atoms with Gasteiger partial charge in [-0.3, -0.25) is 19.3 Å². The quantitative estimate of drug-likeness (QED) is 0.343. The number of primary amides is 1. The molecule has 3 rings (SSSR count). The molecule has 0 fully saturated rings. The van der Waals surface area contributed by atoms with Crippen LogP contribution in [0.25, 0.3) is 0 Å². The van der Waals surface area contributed by atoms with E-state index in [1.54, 1.807) is 36.4 Å². The Morgan fingerprint density at radius 3 is 2.25 bits per heavy atom. The van der Waals surface area contributed by atoms with Crippen molar-refractivity contribution in [3.05, 3.63) is 64.7 Å². The summed E-state index contributed by atoms with van der Waals surface area (Å²) in [5, 5.41) is 12.8. The molecule has 0 saturated heterocycles. The van der Waals surface area contributed by atoms with Gasteiger partial charge in [0.05, 0.1) is 12.8 Å². The lowest BCUT2D eigenvalue weighted by atomic mass is 9.98. The Kier molecular flexibility index (Phi) is 7.83. The fourth-order valence-corrected chi connectivity index (χ4v) is 4.17. The van der Waals surface area contributed by atoms with Crippen molar-refractivity contribution in [3.8, 4) is 11.5 Å². The maximum Gasteiger partial charge on any atom is 0.273 e. The second kappa shape index (κ2) is 10.6. The molecule has 1 heterocycles. The number of rotatable bonds is 9. The number of ether oxygens (including phenoxy) is 1. The fourth-order valence-electron chi connectivity index (χ4n) is 3.43. The second-order valence-corrected chi connectivity index (χ2v) is 9.51. The molecule has 0 saturated carbocycles. The minimum absolute atomic E-state index is 0.00641. The number of aromatic hydroxyl groups is 1. The summed E-state index contributed by atoms with van der Waals surface area (Å²) >= 11 is 0.724. The van der Waals surface area contributed by atoms with Crippen LogP contribution in [-0.2, 0) is 4.79 Å². The van der Waals surface area contributed by atoms with Gasteiger partial charge in [0.2, 0.25) is 5.91 Å². The average molecular weight is 512 g/mol. The maximum absolute atomic E-state index is 14.0. The summed E-state index contributed by atoms with van der Waals surface area (Å²) in [6.45, 7) is 5.68. The maximum atomic E-state index is 14.0. The zero-order valence-corrected chi connectivity index (χ0v) is 21.3. The predicted molar refractivity (Wildman–Crippen MR) is 138 cm³/mol. The summed E-state index contributed by atoms with van der Waals surface area (Å²) in [6.07, 6.45) is 0.640. The Bertz CT molecular complexity index is 1250. The van der Waals surface area contributed by atoms with Crippen LogP contribution in [0.5, 0.6) is 11.5 Å². The van der Waals surface area contributed by atoms with Crippen molar-refractivity contribution in [3.63, 3.8) is 0 Å². The van der Waals surface area contributed by atoms with Crippen LogP contribution in [0.3, 0.4) is 0 Å². The average Bonchev–Trinajstić information content (AvgIpc) is 3.24. The molecule has 3 aromatic rings. The van der Waals surface area contributed by atoms with Gasteiger partial charge in [0.25, 0.3) is 11.8 Å². The van der Waals surface area contributed by atoms with Crippen molar-refractivity contribution in [1.82, 2.24) is 9.69 Å². The molecule has 36 heavy (non-hydrogen) atoms. The first-order valence-corrected chi connectivity index (χ1v) is 11.9. The molecular weight excluding hydrogens is 482 g/mol. The molecule has 0 spiro atoms. The summed E-state index contributed by atoms with van der Waals surface area (Å²) in [4.78, 5) is 40.7. The van der Waals surface area contributed by atoms with Crippen LogP contribution in [0, 0.1) is 0 Å². The smallest absolute Gasteiger partial charge is 0.273 e. The van der Waals surface area contributed by atoms with Crippen LogP contribution in [0.2, 0.25) is 0 Å². The number of aromatic nitrogens is 1. The van der Waals surface area contributed by atoms with Gasteiger partial charge in [0.1, 0.15) is 22.4 Å². The van der Waals surface area contributed by atoms with E-state index in [1.807, 2.05) is 20.8 Å². The third-order valence-corrected chi connectivity index (χ3v) is 6.64. The van der Waals surface area contributed by atoms with Crippen LogP contribution >= 0.6 is 11.5 Å². The summed E-state index contributed by atoms with van der Waals surface area (Å²) in [5.41, 5.74) is 11.3. The number of nitrogens with zero attached hydrogens (tertiary/aromatic N) is 2. The number of nitrogens with one attached hydrogen (secondary N) is 1. The Labute approximate surface area is 213 Å². The second-order valence-electron chi connectivity index (χ2n) is 8.73. The van der Waals surface area contributed by atoms with Crippen molar-refractivity contribution in [2.24, 2.45) is 5.73 Å². The van der Waals surface area contributed by atoms with Crippen LogP contribution in [0.15, 0.2) is 48.5 Å². The monoisotopic (exact) mass is 511 g/mol. The third-order valence-electron chi connectivity index (χ3n) is 5.79. The Morgan fingerprint density at radius 1 is 1.14 bits per heavy atom. The number of methoxy groups -OCH3 is 1. The Balaban J connectivity index is 2.22. The lowest BCUT2D eigenvalue weighted by Gasteiger charge is -2.34. The van der Waals surface area contributed by atoms with E-state index in [0.717, 1.165) is 11.5 Å². The molecule has 0 aliphatic heterocycles. The number of carbonyl (C=O) groups is 3. The summed E-state index contributed by atoms with van der Waals surface area (Å²) < 4.78 is 9.18. The van der Waals surface area contributed by atoms with E-state index in [-0.39, 0.29) is 22.0 Å². The topological polar surface area (TPSA) is 161 Å². The van der Waals surface area contributed by atoms with Gasteiger partial charge in [-0.25, -0.2) is 0 Å². The molecule has 0 bridgehead atoms. The molecule has 1 aromatic heterocycles. The molecule has 190 valence electrons. The number of nitrogens with two attached hydrogens (primary N) is 2. The van der Waals surface area contributed by atoms with Crippen molar-refractivity contribution in [2.45, 2.75) is 38.8 Å². The van der Waals surface area contributed by atoms with E-state index in [1.165, 1.54) is 24.1 Å². The highest BCUT2D eigenvalue weighted by Gasteiger charge is 2.37. The van der Waals surface area contributed by atoms with Crippen molar-refractivity contribution >= 4 is 40.6 Å². The lowest BCUT2D eigenvalue weighted by Crippen LogP contribution is -2.50. The summed E-state index contributed by atoms with van der Waals surface area (Å²) in [6, 6.07) is 11.4. The van der Waals surface area contributed by atoms with E-state index in [0.29, 0.717) is 23.4 Å². The van der Waals surface area contributed by atoms with Crippen LogP contribution in [0.1, 0.15) is 59.0 Å². The highest BCUT2D eigenvalue weighted by atomic mass is 32.1. The van der Waals surface area contributed by atoms with Gasteiger partial charge in [0, 0.05) is 11.2 Å². The molecule has 0 aliphatic carbocycles. The molecule has 6 N–H and O–H groups in total. The van der Waals surface area contributed by atoms with Crippen molar-refractivity contribution in [2.75, 3.05) is 17.7 Å². The number of phenolic OH excluding ortho intramolecular Hbond substituents is 1. The number of phenols is 1. The molecule has 0 aliphatic rings. The van der Waals surface area contributed by atoms with Crippen molar-refractivity contribution < 1.29 is 24.2 Å². The number of carbonyl (C=O) groups excluding carboxylic acids is 3. The molecule has 0 unspecified atom stereocenters. The normalized spacial score (nSPS) is 12.0. The van der Waals surface area contributed by atoms with Gasteiger partial charge in [-0.2, -0.15) is 4.37 Å². The van der Waals surface area contributed by atoms with Gasteiger partial charge in [-0.15, -0.1) is 0 Å². The van der Waals surface area contributed by atoms with Crippen LogP contribution < -0.4 is 26.4 Å². The standard InChI is InChI=1S/C25H29N5O5S/c1-5-25(2,3)28-23(33)20(14-6-10-16(31)11-7-14)30(15-8-12-17(35-4)13-9-15)24(34)21-18(26)19(22(27)32)29-36-21/h6-13,20,31H,5,26H2,1-4H3,(H2,27,32)(H,28,33)/t20-/m0/s1. The molecular formula is C25H29N5O5S. The zero-order valence-electron chi connectivity index (χ0n) is 20.4. The lowest BCUT2D eigenvalue weighted by molar-refractivity contribution is -0.124. The van der Waals surface area contributed by atoms with Gasteiger partial charge in [-0.05, 0) is 73.8 Å². The van der Waals surface area contributed by atoms with Crippen LogP contribution in [0.4, 0.5) is 11.4 Å². The number of hydrogen-bond acceptors (Lipinski definition) is 8. The molecule has 1 atom stereocenters. The minimum atomic E-state index is -1.16. The molecule has 3 amide bonds. The summed E-state index contributed by atoms with van der Waals surface area (Å²) in [7, 11) is 1.51. The van der Waals surface area contributed by atoms with Gasteiger partial charge < -0.3 is 26.6 Å². The Morgan fingerprint density at radius 2 is 1.75 bits per heavy atom. The van der Waals surface area contributed by atoms with E-state index in [9.17, 15) is 19.5 Å². The molecule has 2 aromatic carbocycles. The van der Waals surface area contributed by atoms with Crippen molar-refractivity contribution in [1.29, 1.82) is 0 Å². The number of amides is 3. The number of anilines is 2. The predicted octanol–water partition coefficient (Wildman–Crippen LogP) is 3.23. The minimum Gasteiger partial charge on any atom is -0.508 e. The molecule has 10 nitrogen and oxygen atoms in total. The molecule has 11 heteroatoms. The number of hydrogen-bond donors (Lipinski definition) is 4. The summed E-state index contributed by atoms with van der Waals surface area (Å²) in [5.74, 6) is -1.40. The van der Waals surface area contributed by atoms with Crippen LogP contribution in [-0.4, -0.2) is 39.9 Å². The van der Waals surface area contributed by atoms with E-state index in [4.69, 9.17) is 16.2 Å². The number of benzene rings is 2. The fraction of sp³-hybridized carbons (Fsp3) is 0.280. The van der Waals surface area contributed by atoms with Gasteiger partial charge >= 0.3 is 0 Å². The van der Waals surface area contributed by atoms with E-state index >= 15 is 0 Å². The van der Waals surface area contributed by atoms with Gasteiger partial charge in [0.15, 0.2) is 5.69 Å². The van der Waals surface area contributed by atoms with E-state index < -0.39 is 29.3 Å². The largest absolute Gasteiger partial charge is 0.508 e. The number of nitrogen functional groups attached to an aromatic ring is 1. The first-order valence-electron chi connectivity index (χ1n) is 11.1. The highest BCUT2D eigenvalue weighted by molar-refractivity contribution is 7.09. The SMILES string of the molecule is CCC(C)(C)NC(=O)[C@H](c1ccc(O)cc1)N(C(=O)c1snc(C(N)=O)c1N)c1ccc(OC)cc1. The molecule has 0 radical (unpaired) electrons. The highest BCUT2D eigenvalue weighted by Crippen LogP contribution is 2.34. The third kappa shape index (κ3) is 5.57. The zero-order chi connectivity index (χ0) is 26.6. The first kappa shape index (κ1) is 26.5.